The molecule has 0 fully saturated rings. The lowest BCUT2D eigenvalue weighted by Gasteiger charge is -2.12. The Morgan fingerprint density at radius 2 is 1.96 bits per heavy atom. The van der Waals surface area contributed by atoms with Crippen LogP contribution in [0.15, 0.2) is 31.0 Å². The first-order valence-corrected chi connectivity index (χ1v) is 8.56. The molecule has 3 aromatic heterocycles. The second-order valence-corrected chi connectivity index (χ2v) is 6.34. The normalized spacial score (nSPS) is 11.9. The van der Waals surface area contributed by atoms with Crippen molar-refractivity contribution in [2.45, 2.75) is 33.8 Å². The maximum absolute atomic E-state index is 12.7. The zero-order chi connectivity index (χ0) is 20.4. The number of hydrogen-bond acceptors (Lipinski definition) is 7. The van der Waals surface area contributed by atoms with Crippen LogP contribution in [0.2, 0.25) is 0 Å². The second kappa shape index (κ2) is 7.55. The summed E-state index contributed by atoms with van der Waals surface area (Å²) in [7, 11) is 0. The summed E-state index contributed by atoms with van der Waals surface area (Å²) in [5.41, 5.74) is 2.11. The molecule has 0 aliphatic carbocycles. The van der Waals surface area contributed by atoms with Crippen molar-refractivity contribution in [1.82, 2.24) is 24.7 Å². The molecule has 3 heterocycles. The highest BCUT2D eigenvalue weighted by Crippen LogP contribution is 2.20. The van der Waals surface area contributed by atoms with E-state index in [9.17, 15) is 14.4 Å². The van der Waals surface area contributed by atoms with E-state index in [1.807, 2.05) is 0 Å². The molecule has 0 saturated carbocycles. The minimum atomic E-state index is -1.03. The van der Waals surface area contributed by atoms with E-state index in [2.05, 4.69) is 20.1 Å². The molecular formula is C19H19N5O4. The molecule has 3 aromatic rings. The maximum atomic E-state index is 12.7. The number of aryl methyl sites for hydroxylation is 1. The number of carbonyl (C=O) groups is 3. The summed E-state index contributed by atoms with van der Waals surface area (Å²) in [6, 6.07) is 3.12. The predicted octanol–water partition coefficient (Wildman–Crippen LogP) is 2.24. The summed E-state index contributed by atoms with van der Waals surface area (Å²) in [5, 5.41) is 3.95. The fourth-order valence-corrected chi connectivity index (χ4v) is 2.98. The third-order valence-corrected chi connectivity index (χ3v) is 4.33. The van der Waals surface area contributed by atoms with Gasteiger partial charge in [0.15, 0.2) is 17.7 Å². The molecule has 0 aliphatic rings. The van der Waals surface area contributed by atoms with Crippen molar-refractivity contribution < 1.29 is 19.1 Å². The smallest absolute Gasteiger partial charge is 0.340 e. The maximum Gasteiger partial charge on any atom is 0.340 e. The molecule has 0 amide bonds. The fourth-order valence-electron chi connectivity index (χ4n) is 2.98. The topological polar surface area (TPSA) is 120 Å². The Morgan fingerprint density at radius 3 is 2.50 bits per heavy atom. The standard InChI is InChI=1S/C19H19N5O4/c1-10-16(12(3)25)11(2)23-17(10)18(26)13(4)28-19(27)14-5-6-15(21-7-14)24-9-20-8-22-24/h5-9,13,23H,1-4H3/t13-/m1/s1. The molecule has 0 unspecified atom stereocenters. The van der Waals surface area contributed by atoms with Crippen LogP contribution in [-0.2, 0) is 4.74 Å². The molecule has 0 spiro atoms. The number of H-pyrrole nitrogens is 1. The zero-order valence-corrected chi connectivity index (χ0v) is 15.9. The van der Waals surface area contributed by atoms with E-state index in [-0.39, 0.29) is 17.0 Å². The highest BCUT2D eigenvalue weighted by atomic mass is 16.5. The number of Topliss-reactive ketones (excluding diaryl/α,β-unsaturated/α-hetero) is 2. The van der Waals surface area contributed by atoms with Gasteiger partial charge < -0.3 is 9.72 Å². The zero-order valence-electron chi connectivity index (χ0n) is 15.9. The molecule has 9 heteroatoms. The minimum absolute atomic E-state index is 0.131. The SMILES string of the molecule is CC(=O)c1c(C)[nH]c(C(=O)[C@@H](C)OC(=O)c2ccc(-n3cncn3)nc2)c1C. The van der Waals surface area contributed by atoms with Crippen LogP contribution in [0.4, 0.5) is 0 Å². The van der Waals surface area contributed by atoms with Crippen LogP contribution >= 0.6 is 0 Å². The minimum Gasteiger partial charge on any atom is -0.451 e. The second-order valence-electron chi connectivity index (χ2n) is 6.34. The van der Waals surface area contributed by atoms with Crippen molar-refractivity contribution in [3.63, 3.8) is 0 Å². The Kier molecular flexibility index (Phi) is 5.16. The number of ether oxygens (including phenoxy) is 1. The van der Waals surface area contributed by atoms with Crippen molar-refractivity contribution in [2.24, 2.45) is 0 Å². The largest absolute Gasteiger partial charge is 0.451 e. The third-order valence-electron chi connectivity index (χ3n) is 4.33. The number of aromatic nitrogens is 5. The average Bonchev–Trinajstić information content (AvgIpc) is 3.29. The van der Waals surface area contributed by atoms with E-state index in [1.54, 1.807) is 19.9 Å². The number of ketones is 2. The molecule has 1 atom stereocenters. The first-order chi connectivity index (χ1) is 13.3. The number of pyridine rings is 1. The third kappa shape index (κ3) is 3.59. The van der Waals surface area contributed by atoms with Gasteiger partial charge in [-0.15, -0.1) is 0 Å². The summed E-state index contributed by atoms with van der Waals surface area (Å²) in [6.07, 6.45) is 3.17. The number of rotatable bonds is 6. The van der Waals surface area contributed by atoms with E-state index in [0.29, 0.717) is 22.6 Å². The van der Waals surface area contributed by atoms with Gasteiger partial charge in [-0.05, 0) is 45.4 Å². The molecule has 0 bridgehead atoms. The van der Waals surface area contributed by atoms with Gasteiger partial charge in [-0.25, -0.2) is 19.4 Å². The molecule has 144 valence electrons. The molecule has 9 nitrogen and oxygen atoms in total. The highest BCUT2D eigenvalue weighted by molar-refractivity contribution is 6.05. The van der Waals surface area contributed by atoms with Gasteiger partial charge in [0.1, 0.15) is 12.7 Å². The monoisotopic (exact) mass is 381 g/mol. The Labute approximate surface area is 160 Å². The van der Waals surface area contributed by atoms with Gasteiger partial charge in [0, 0.05) is 17.5 Å². The molecule has 0 saturated heterocycles. The summed E-state index contributed by atoms with van der Waals surface area (Å²) in [6.45, 7) is 6.34. The first kappa shape index (κ1) is 19.2. The van der Waals surface area contributed by atoms with Crippen LogP contribution in [0.5, 0.6) is 0 Å². The van der Waals surface area contributed by atoms with Gasteiger partial charge in [0.05, 0.1) is 11.3 Å². The highest BCUT2D eigenvalue weighted by Gasteiger charge is 2.26. The van der Waals surface area contributed by atoms with Crippen LogP contribution in [0, 0.1) is 13.8 Å². The van der Waals surface area contributed by atoms with E-state index >= 15 is 0 Å². The Balaban J connectivity index is 1.73. The number of esters is 1. The van der Waals surface area contributed by atoms with Crippen LogP contribution in [0.25, 0.3) is 5.82 Å². The Morgan fingerprint density at radius 1 is 1.21 bits per heavy atom. The van der Waals surface area contributed by atoms with Crippen molar-refractivity contribution in [1.29, 1.82) is 0 Å². The van der Waals surface area contributed by atoms with Crippen LogP contribution < -0.4 is 0 Å². The predicted molar refractivity (Wildman–Crippen MR) is 98.6 cm³/mol. The van der Waals surface area contributed by atoms with E-state index in [4.69, 9.17) is 4.74 Å². The molecule has 1 N–H and O–H groups in total. The number of hydrogen-bond donors (Lipinski definition) is 1. The Hall–Kier alpha value is -3.62. The molecule has 0 radical (unpaired) electrons. The summed E-state index contributed by atoms with van der Waals surface area (Å²) in [4.78, 5) is 47.6. The molecule has 0 aliphatic heterocycles. The van der Waals surface area contributed by atoms with Gasteiger partial charge in [-0.3, -0.25) is 9.59 Å². The van der Waals surface area contributed by atoms with Crippen molar-refractivity contribution in [2.75, 3.05) is 0 Å². The number of aromatic amines is 1. The number of nitrogens with zero attached hydrogens (tertiary/aromatic N) is 4. The van der Waals surface area contributed by atoms with Crippen molar-refractivity contribution in [3.8, 4) is 5.82 Å². The van der Waals surface area contributed by atoms with Crippen LogP contribution in [0.3, 0.4) is 0 Å². The molecule has 28 heavy (non-hydrogen) atoms. The molecule has 3 rings (SSSR count). The lowest BCUT2D eigenvalue weighted by molar-refractivity contribution is 0.0316. The van der Waals surface area contributed by atoms with Gasteiger partial charge in [-0.2, -0.15) is 5.10 Å². The van der Waals surface area contributed by atoms with Crippen LogP contribution in [-0.4, -0.2) is 48.4 Å². The van der Waals surface area contributed by atoms with Gasteiger partial charge >= 0.3 is 5.97 Å². The van der Waals surface area contributed by atoms with Crippen molar-refractivity contribution in [3.05, 3.63) is 59.1 Å². The lowest BCUT2D eigenvalue weighted by atomic mass is 10.0. The van der Waals surface area contributed by atoms with E-state index in [1.165, 1.54) is 43.4 Å². The molecule has 0 aromatic carbocycles. The lowest BCUT2D eigenvalue weighted by Crippen LogP contribution is -2.25. The summed E-state index contributed by atoms with van der Waals surface area (Å²) < 4.78 is 6.73. The quantitative estimate of drug-likeness (QED) is 0.513. The van der Waals surface area contributed by atoms with Crippen LogP contribution in [0.1, 0.15) is 56.3 Å². The number of nitrogens with one attached hydrogen (secondary N) is 1. The van der Waals surface area contributed by atoms with E-state index < -0.39 is 17.9 Å². The fraction of sp³-hybridized carbons (Fsp3) is 0.263. The molecular weight excluding hydrogens is 362 g/mol. The average molecular weight is 381 g/mol. The van der Waals surface area contributed by atoms with Gasteiger partial charge in [-0.1, -0.05) is 0 Å². The summed E-state index contributed by atoms with van der Waals surface area (Å²) in [5.74, 6) is -0.722. The summed E-state index contributed by atoms with van der Waals surface area (Å²) >= 11 is 0. The number of carbonyl (C=O) groups excluding carboxylic acids is 3. The van der Waals surface area contributed by atoms with Gasteiger partial charge in [0.2, 0.25) is 5.78 Å². The van der Waals surface area contributed by atoms with Gasteiger partial charge in [0.25, 0.3) is 0 Å². The first-order valence-electron chi connectivity index (χ1n) is 8.56. The van der Waals surface area contributed by atoms with Crippen molar-refractivity contribution >= 4 is 17.5 Å². The Bertz CT molecular complexity index is 1040. The van der Waals surface area contributed by atoms with E-state index in [0.717, 1.165) is 0 Å².